The van der Waals surface area contributed by atoms with Crippen LogP contribution in [0.25, 0.3) is 6.08 Å². The molecule has 0 spiro atoms. The van der Waals surface area contributed by atoms with Crippen molar-refractivity contribution in [3.63, 3.8) is 0 Å². The Bertz CT molecular complexity index is 1500. The lowest BCUT2D eigenvalue weighted by Gasteiger charge is -2.12. The van der Waals surface area contributed by atoms with Crippen molar-refractivity contribution in [1.29, 1.82) is 0 Å². The molecule has 0 saturated heterocycles. The molecule has 3 aromatic carbocycles. The smallest absolute Gasteiger partial charge is 0.272 e. The number of carbonyl (C=O) groups excluding carboxylic acids is 3. The van der Waals surface area contributed by atoms with E-state index in [9.17, 15) is 14.4 Å². The summed E-state index contributed by atoms with van der Waals surface area (Å²) in [7, 11) is 1.56. The molecule has 0 radical (unpaired) electrons. The third kappa shape index (κ3) is 8.29. The van der Waals surface area contributed by atoms with E-state index in [1.165, 1.54) is 23.1 Å². The number of benzene rings is 3. The fourth-order valence-corrected chi connectivity index (χ4v) is 4.88. The van der Waals surface area contributed by atoms with Crippen LogP contribution in [0.4, 0.5) is 10.8 Å². The van der Waals surface area contributed by atoms with Gasteiger partial charge in [-0.1, -0.05) is 36.4 Å². The van der Waals surface area contributed by atoms with E-state index in [4.69, 9.17) is 4.74 Å². The molecule has 0 aliphatic carbocycles. The number of thioether (sulfide) groups is 1. The first kappa shape index (κ1) is 27.6. The molecule has 0 aliphatic heterocycles. The highest BCUT2D eigenvalue weighted by atomic mass is 32.2. The van der Waals surface area contributed by atoms with Gasteiger partial charge in [-0.3, -0.25) is 14.4 Å². The number of carbonyl (C=O) groups is 3. The van der Waals surface area contributed by atoms with Crippen LogP contribution in [-0.4, -0.2) is 35.6 Å². The normalized spacial score (nSPS) is 11.0. The Hall–Kier alpha value is -4.41. The number of hydrogen-bond acceptors (Lipinski definition) is 7. The Balaban J connectivity index is 1.47. The van der Waals surface area contributed by atoms with Crippen molar-refractivity contribution in [2.75, 3.05) is 23.5 Å². The quantitative estimate of drug-likeness (QED) is 0.173. The molecule has 8 nitrogen and oxygen atoms in total. The molecule has 4 aromatic rings. The molecule has 0 saturated carbocycles. The van der Waals surface area contributed by atoms with Crippen LogP contribution in [0.15, 0.2) is 94.8 Å². The van der Waals surface area contributed by atoms with Gasteiger partial charge in [-0.15, -0.1) is 23.1 Å². The fourth-order valence-electron chi connectivity index (χ4n) is 3.42. The third-order valence-corrected chi connectivity index (χ3v) is 7.13. The lowest BCUT2D eigenvalue weighted by atomic mass is 10.1. The molecule has 39 heavy (non-hydrogen) atoms. The maximum atomic E-state index is 13.3. The molecule has 0 aliphatic rings. The number of amides is 3. The van der Waals surface area contributed by atoms with Crippen LogP contribution < -0.4 is 20.7 Å². The highest BCUT2D eigenvalue weighted by Crippen LogP contribution is 2.23. The summed E-state index contributed by atoms with van der Waals surface area (Å²) in [6.45, 7) is 1.87. The zero-order chi connectivity index (χ0) is 27.6. The molecule has 10 heteroatoms. The Kier molecular flexibility index (Phi) is 9.49. The first-order valence-electron chi connectivity index (χ1n) is 11.9. The second kappa shape index (κ2) is 13.4. The maximum Gasteiger partial charge on any atom is 0.272 e. The Labute approximate surface area is 234 Å². The number of hydrogen-bond donors (Lipinski definition) is 3. The maximum absolute atomic E-state index is 13.3. The van der Waals surface area contributed by atoms with E-state index in [1.54, 1.807) is 79.9 Å². The third-order valence-electron chi connectivity index (χ3n) is 5.26. The fraction of sp³-hybridized carbons (Fsp3) is 0.103. The zero-order valence-electron chi connectivity index (χ0n) is 21.3. The van der Waals surface area contributed by atoms with Crippen molar-refractivity contribution in [1.82, 2.24) is 10.3 Å². The molecule has 4 rings (SSSR count). The summed E-state index contributed by atoms with van der Waals surface area (Å²) in [4.78, 5) is 43.5. The number of aromatic nitrogens is 1. The van der Waals surface area contributed by atoms with Gasteiger partial charge in [-0.2, -0.15) is 0 Å². The first-order valence-corrected chi connectivity index (χ1v) is 13.7. The highest BCUT2D eigenvalue weighted by Gasteiger charge is 2.16. The van der Waals surface area contributed by atoms with Crippen molar-refractivity contribution in [3.8, 4) is 5.75 Å². The molecule has 3 N–H and O–H groups in total. The van der Waals surface area contributed by atoms with E-state index in [1.807, 2.05) is 24.4 Å². The van der Waals surface area contributed by atoms with Gasteiger partial charge in [-0.05, 0) is 61.0 Å². The molecule has 0 bridgehead atoms. The molecule has 198 valence electrons. The van der Waals surface area contributed by atoms with Gasteiger partial charge in [0.15, 0.2) is 5.13 Å². The van der Waals surface area contributed by atoms with E-state index in [0.717, 1.165) is 10.6 Å². The van der Waals surface area contributed by atoms with E-state index in [2.05, 4.69) is 20.9 Å². The standard InChI is InChI=1S/C29H26N4O4S2/c1-19-17-39-29(30-19)33-26(34)18-38-24-13-7-11-22(16-24)31-28(36)25(15-20-8-6-12-23(14-20)37-2)32-27(35)21-9-4-3-5-10-21/h3-17H,18H2,1-2H3,(H,31,36)(H,32,35)(H,30,33,34)/b25-15-. The molecular weight excluding hydrogens is 532 g/mol. The van der Waals surface area contributed by atoms with Crippen LogP contribution in [0.2, 0.25) is 0 Å². The number of nitrogens with zero attached hydrogens (tertiary/aromatic N) is 1. The second-order valence-electron chi connectivity index (χ2n) is 8.27. The van der Waals surface area contributed by atoms with Crippen molar-refractivity contribution >= 4 is 57.7 Å². The zero-order valence-corrected chi connectivity index (χ0v) is 22.9. The van der Waals surface area contributed by atoms with E-state index in [-0.39, 0.29) is 17.4 Å². The molecule has 1 heterocycles. The van der Waals surface area contributed by atoms with E-state index in [0.29, 0.717) is 27.7 Å². The molecule has 0 fully saturated rings. The van der Waals surface area contributed by atoms with Gasteiger partial charge in [0.2, 0.25) is 5.91 Å². The molecule has 1 aromatic heterocycles. The van der Waals surface area contributed by atoms with Crippen LogP contribution in [0.3, 0.4) is 0 Å². The Morgan fingerprint density at radius 1 is 0.974 bits per heavy atom. The average molecular weight is 559 g/mol. The summed E-state index contributed by atoms with van der Waals surface area (Å²) in [5.41, 5.74) is 2.54. The predicted molar refractivity (Wildman–Crippen MR) is 156 cm³/mol. The number of aryl methyl sites for hydroxylation is 1. The number of ether oxygens (including phenoxy) is 1. The van der Waals surface area contributed by atoms with Gasteiger partial charge in [0.25, 0.3) is 11.8 Å². The number of methoxy groups -OCH3 is 1. The van der Waals surface area contributed by atoms with Crippen LogP contribution in [-0.2, 0) is 9.59 Å². The second-order valence-corrected chi connectivity index (χ2v) is 10.2. The van der Waals surface area contributed by atoms with Crippen molar-refractivity contribution in [2.24, 2.45) is 0 Å². The van der Waals surface area contributed by atoms with Crippen molar-refractivity contribution in [2.45, 2.75) is 11.8 Å². The van der Waals surface area contributed by atoms with Gasteiger partial charge >= 0.3 is 0 Å². The number of anilines is 2. The summed E-state index contributed by atoms with van der Waals surface area (Å²) >= 11 is 2.71. The van der Waals surface area contributed by atoms with Crippen LogP contribution in [0, 0.1) is 6.92 Å². The van der Waals surface area contributed by atoms with E-state index < -0.39 is 11.8 Å². The summed E-state index contributed by atoms with van der Waals surface area (Å²) in [5, 5.41) is 10.8. The van der Waals surface area contributed by atoms with Gasteiger partial charge < -0.3 is 20.7 Å². The molecular formula is C29H26N4O4S2. The number of nitrogens with one attached hydrogen (secondary N) is 3. The first-order chi connectivity index (χ1) is 18.9. The molecule has 0 atom stereocenters. The number of rotatable bonds is 10. The summed E-state index contributed by atoms with van der Waals surface area (Å²) in [5.74, 6) is -0.274. The SMILES string of the molecule is COc1cccc(/C=C(\NC(=O)c2ccccc2)C(=O)Nc2cccc(SCC(=O)Nc3nc(C)cs3)c2)c1. The van der Waals surface area contributed by atoms with Gasteiger partial charge in [0, 0.05) is 21.5 Å². The Morgan fingerprint density at radius 2 is 1.77 bits per heavy atom. The summed E-state index contributed by atoms with van der Waals surface area (Å²) in [6.07, 6.45) is 1.59. The minimum Gasteiger partial charge on any atom is -0.497 e. The lowest BCUT2D eigenvalue weighted by molar-refractivity contribution is -0.114. The predicted octanol–water partition coefficient (Wildman–Crippen LogP) is 5.60. The van der Waals surface area contributed by atoms with Gasteiger partial charge in [-0.25, -0.2) is 4.98 Å². The Morgan fingerprint density at radius 3 is 2.51 bits per heavy atom. The van der Waals surface area contributed by atoms with E-state index >= 15 is 0 Å². The van der Waals surface area contributed by atoms with Crippen LogP contribution in [0.1, 0.15) is 21.6 Å². The van der Waals surface area contributed by atoms with Crippen molar-refractivity contribution in [3.05, 3.63) is 107 Å². The van der Waals surface area contributed by atoms with Crippen LogP contribution >= 0.6 is 23.1 Å². The lowest BCUT2D eigenvalue weighted by Crippen LogP contribution is -2.30. The van der Waals surface area contributed by atoms with Gasteiger partial charge in [0.1, 0.15) is 11.4 Å². The largest absolute Gasteiger partial charge is 0.497 e. The summed E-state index contributed by atoms with van der Waals surface area (Å²) in [6, 6.07) is 23.0. The van der Waals surface area contributed by atoms with Crippen molar-refractivity contribution < 1.29 is 19.1 Å². The van der Waals surface area contributed by atoms with Crippen LogP contribution in [0.5, 0.6) is 5.75 Å². The topological polar surface area (TPSA) is 109 Å². The minimum absolute atomic E-state index is 0.0632. The summed E-state index contributed by atoms with van der Waals surface area (Å²) < 4.78 is 5.28. The minimum atomic E-state index is -0.499. The van der Waals surface area contributed by atoms with Gasteiger partial charge in [0.05, 0.1) is 18.6 Å². The average Bonchev–Trinajstić information content (AvgIpc) is 3.36. The monoisotopic (exact) mass is 558 g/mol. The molecule has 0 unspecified atom stereocenters. The number of thiazole rings is 1. The highest BCUT2D eigenvalue weighted by molar-refractivity contribution is 8.00. The molecule has 3 amide bonds.